The van der Waals surface area contributed by atoms with Crippen molar-refractivity contribution in [2.75, 3.05) is 0 Å². The lowest BCUT2D eigenvalue weighted by Crippen LogP contribution is -1.80. The van der Waals surface area contributed by atoms with Gasteiger partial charge in [0.25, 0.3) is 0 Å². The molecule has 3 aromatic rings. The molecule has 1 aromatic heterocycles. The van der Waals surface area contributed by atoms with Crippen LogP contribution in [0.25, 0.3) is 20.8 Å². The number of aromatic nitrogens is 1. The first-order chi connectivity index (χ1) is 9.19. The maximum atomic E-state index is 8.82. The van der Waals surface area contributed by atoms with E-state index in [0.717, 1.165) is 16.1 Å². The number of nitrogens with zero attached hydrogens (tertiary/aromatic N) is 2. The number of fused-ring (bicyclic) bond motifs is 1. The Kier molecular flexibility index (Phi) is 2.81. The second kappa shape index (κ2) is 4.49. The average Bonchev–Trinajstić information content (AvgIpc) is 2.89. The SMILES string of the molecule is Cc1ccc(C)c2sc(-c3ccc(C#N)cc3)nc12. The predicted octanol–water partition coefficient (Wildman–Crippen LogP) is 4.45. The van der Waals surface area contributed by atoms with Crippen LogP contribution in [0.1, 0.15) is 16.7 Å². The second-order valence-corrected chi connectivity index (χ2v) is 5.58. The van der Waals surface area contributed by atoms with E-state index < -0.39 is 0 Å². The van der Waals surface area contributed by atoms with Crippen LogP contribution in [-0.2, 0) is 0 Å². The molecule has 0 amide bonds. The first-order valence-electron chi connectivity index (χ1n) is 6.06. The minimum atomic E-state index is 0.678. The molecule has 2 aromatic carbocycles. The van der Waals surface area contributed by atoms with Gasteiger partial charge in [0, 0.05) is 5.56 Å². The molecule has 0 unspecified atom stereocenters. The first-order valence-corrected chi connectivity index (χ1v) is 6.88. The molecular weight excluding hydrogens is 252 g/mol. The lowest BCUT2D eigenvalue weighted by Gasteiger charge is -1.96. The third-order valence-electron chi connectivity index (χ3n) is 3.20. The normalized spacial score (nSPS) is 10.6. The highest BCUT2D eigenvalue weighted by Gasteiger charge is 2.09. The summed E-state index contributed by atoms with van der Waals surface area (Å²) in [5, 5.41) is 9.83. The third-order valence-corrected chi connectivity index (χ3v) is 4.44. The van der Waals surface area contributed by atoms with Crippen LogP contribution in [0.3, 0.4) is 0 Å². The molecule has 0 radical (unpaired) electrons. The van der Waals surface area contributed by atoms with E-state index in [2.05, 4.69) is 32.0 Å². The fourth-order valence-electron chi connectivity index (χ4n) is 2.07. The van der Waals surface area contributed by atoms with Crippen molar-refractivity contribution in [3.05, 3.63) is 53.1 Å². The average molecular weight is 264 g/mol. The fourth-order valence-corrected chi connectivity index (χ4v) is 3.19. The van der Waals surface area contributed by atoms with Gasteiger partial charge in [0.2, 0.25) is 0 Å². The Balaban J connectivity index is 2.18. The second-order valence-electron chi connectivity index (χ2n) is 4.59. The van der Waals surface area contributed by atoms with Crippen molar-refractivity contribution in [3.63, 3.8) is 0 Å². The Morgan fingerprint density at radius 3 is 2.32 bits per heavy atom. The molecule has 92 valence electrons. The van der Waals surface area contributed by atoms with Crippen LogP contribution in [0, 0.1) is 25.2 Å². The van der Waals surface area contributed by atoms with Crippen molar-refractivity contribution in [3.8, 4) is 16.6 Å². The molecule has 0 aliphatic rings. The van der Waals surface area contributed by atoms with Crippen LogP contribution in [0.15, 0.2) is 36.4 Å². The number of hydrogen-bond donors (Lipinski definition) is 0. The van der Waals surface area contributed by atoms with Crippen LogP contribution in [0.4, 0.5) is 0 Å². The van der Waals surface area contributed by atoms with Crippen LogP contribution >= 0.6 is 11.3 Å². The molecule has 0 saturated carbocycles. The minimum absolute atomic E-state index is 0.678. The highest BCUT2D eigenvalue weighted by atomic mass is 32.1. The van der Waals surface area contributed by atoms with Crippen LogP contribution < -0.4 is 0 Å². The zero-order chi connectivity index (χ0) is 13.4. The number of aryl methyl sites for hydroxylation is 2. The van der Waals surface area contributed by atoms with E-state index in [1.807, 2.05) is 24.3 Å². The van der Waals surface area contributed by atoms with E-state index in [-0.39, 0.29) is 0 Å². The van der Waals surface area contributed by atoms with Crippen molar-refractivity contribution in [1.29, 1.82) is 5.26 Å². The van der Waals surface area contributed by atoms with E-state index in [1.165, 1.54) is 15.8 Å². The van der Waals surface area contributed by atoms with E-state index in [9.17, 15) is 0 Å². The Morgan fingerprint density at radius 2 is 1.68 bits per heavy atom. The molecule has 3 heteroatoms. The molecule has 0 aliphatic carbocycles. The third kappa shape index (κ3) is 2.00. The van der Waals surface area contributed by atoms with Gasteiger partial charge in [-0.2, -0.15) is 5.26 Å². The van der Waals surface area contributed by atoms with E-state index in [1.54, 1.807) is 11.3 Å². The Morgan fingerprint density at radius 1 is 1.00 bits per heavy atom. The van der Waals surface area contributed by atoms with Crippen molar-refractivity contribution in [2.45, 2.75) is 13.8 Å². The van der Waals surface area contributed by atoms with Gasteiger partial charge in [-0.15, -0.1) is 11.3 Å². The molecule has 0 saturated heterocycles. The van der Waals surface area contributed by atoms with Gasteiger partial charge in [0.05, 0.1) is 21.8 Å². The standard InChI is InChI=1S/C16H12N2S/c1-10-3-4-11(2)15-14(10)18-16(19-15)13-7-5-12(9-17)6-8-13/h3-8H,1-2H3. The summed E-state index contributed by atoms with van der Waals surface area (Å²) in [5.74, 6) is 0. The maximum Gasteiger partial charge on any atom is 0.124 e. The molecule has 0 spiro atoms. The summed E-state index contributed by atoms with van der Waals surface area (Å²) in [6.07, 6.45) is 0. The molecule has 0 bridgehead atoms. The maximum absolute atomic E-state index is 8.82. The molecule has 1 heterocycles. The van der Waals surface area contributed by atoms with Gasteiger partial charge >= 0.3 is 0 Å². The highest BCUT2D eigenvalue weighted by molar-refractivity contribution is 7.21. The number of hydrogen-bond acceptors (Lipinski definition) is 3. The number of thiazole rings is 1. The molecule has 0 N–H and O–H groups in total. The molecule has 19 heavy (non-hydrogen) atoms. The lowest BCUT2D eigenvalue weighted by atomic mass is 10.1. The van der Waals surface area contributed by atoms with Crippen LogP contribution in [0.5, 0.6) is 0 Å². The van der Waals surface area contributed by atoms with Gasteiger partial charge in [-0.1, -0.05) is 24.3 Å². The van der Waals surface area contributed by atoms with Gasteiger partial charge in [-0.3, -0.25) is 0 Å². The number of rotatable bonds is 1. The predicted molar refractivity (Wildman–Crippen MR) is 79.2 cm³/mol. The number of benzene rings is 2. The molecule has 3 rings (SSSR count). The van der Waals surface area contributed by atoms with Gasteiger partial charge < -0.3 is 0 Å². The van der Waals surface area contributed by atoms with E-state index in [4.69, 9.17) is 10.2 Å². The Bertz CT molecular complexity index is 753. The van der Waals surface area contributed by atoms with Crippen LogP contribution in [-0.4, -0.2) is 4.98 Å². The smallest absolute Gasteiger partial charge is 0.124 e. The monoisotopic (exact) mass is 264 g/mol. The zero-order valence-corrected chi connectivity index (χ0v) is 11.6. The minimum Gasteiger partial charge on any atom is -0.236 e. The van der Waals surface area contributed by atoms with Gasteiger partial charge in [-0.05, 0) is 37.1 Å². The Hall–Kier alpha value is -2.18. The summed E-state index contributed by atoms with van der Waals surface area (Å²) in [6, 6.07) is 14.0. The topological polar surface area (TPSA) is 36.7 Å². The van der Waals surface area contributed by atoms with Gasteiger partial charge in [0.15, 0.2) is 0 Å². The molecule has 0 atom stereocenters. The van der Waals surface area contributed by atoms with Crippen molar-refractivity contribution in [2.24, 2.45) is 0 Å². The summed E-state index contributed by atoms with van der Waals surface area (Å²) in [7, 11) is 0. The first kappa shape index (κ1) is 11.9. The molecule has 0 fully saturated rings. The molecular formula is C16H12N2S. The molecule has 2 nitrogen and oxygen atoms in total. The van der Waals surface area contributed by atoms with Crippen molar-refractivity contribution < 1.29 is 0 Å². The summed E-state index contributed by atoms with van der Waals surface area (Å²) in [4.78, 5) is 4.73. The van der Waals surface area contributed by atoms with E-state index in [0.29, 0.717) is 5.56 Å². The van der Waals surface area contributed by atoms with E-state index >= 15 is 0 Å². The molecule has 0 aliphatic heterocycles. The number of nitriles is 1. The quantitative estimate of drug-likeness (QED) is 0.651. The Labute approximate surface area is 116 Å². The summed E-state index contributed by atoms with van der Waals surface area (Å²) in [6.45, 7) is 4.20. The van der Waals surface area contributed by atoms with Crippen molar-refractivity contribution in [1.82, 2.24) is 4.98 Å². The largest absolute Gasteiger partial charge is 0.236 e. The summed E-state index contributed by atoms with van der Waals surface area (Å²) < 4.78 is 1.25. The zero-order valence-electron chi connectivity index (χ0n) is 10.8. The van der Waals surface area contributed by atoms with Crippen LogP contribution in [0.2, 0.25) is 0 Å². The summed E-state index contributed by atoms with van der Waals surface area (Å²) >= 11 is 1.71. The van der Waals surface area contributed by atoms with Gasteiger partial charge in [-0.25, -0.2) is 4.98 Å². The summed E-state index contributed by atoms with van der Waals surface area (Å²) in [5.41, 5.74) is 5.30. The lowest BCUT2D eigenvalue weighted by molar-refractivity contribution is 1.40. The van der Waals surface area contributed by atoms with Crippen molar-refractivity contribution >= 4 is 21.6 Å². The van der Waals surface area contributed by atoms with Gasteiger partial charge in [0.1, 0.15) is 5.01 Å². The fraction of sp³-hybridized carbons (Fsp3) is 0.125. The highest BCUT2D eigenvalue weighted by Crippen LogP contribution is 2.33.